The SMILES string of the molecule is CCCCC(OOC(=O)c1cc(OC)c(OC)cc1OC)OOC(=O)c1cc(OC)c(OC)cc1OC. The van der Waals surface area contributed by atoms with Crippen LogP contribution in [0.3, 0.4) is 0 Å². The number of benzene rings is 2. The molecule has 0 saturated carbocycles. The highest BCUT2D eigenvalue weighted by Crippen LogP contribution is 2.36. The number of unbranched alkanes of at least 4 members (excludes halogenated alkanes) is 1. The van der Waals surface area contributed by atoms with Gasteiger partial charge in [0.15, 0.2) is 23.0 Å². The van der Waals surface area contributed by atoms with Gasteiger partial charge in [-0.3, -0.25) is 9.78 Å². The Bertz CT molecular complexity index is 973. The molecule has 12 heteroatoms. The molecule has 2 rings (SSSR count). The second kappa shape index (κ2) is 14.6. The number of ether oxygens (including phenoxy) is 6. The minimum Gasteiger partial charge on any atom is -0.496 e. The van der Waals surface area contributed by atoms with E-state index in [1.165, 1.54) is 66.9 Å². The summed E-state index contributed by atoms with van der Waals surface area (Å²) in [4.78, 5) is 45.7. The highest BCUT2D eigenvalue weighted by molar-refractivity contribution is 5.94. The van der Waals surface area contributed by atoms with Crippen LogP contribution < -0.4 is 28.4 Å². The summed E-state index contributed by atoms with van der Waals surface area (Å²) in [7, 11) is 8.51. The predicted molar refractivity (Wildman–Crippen MR) is 129 cm³/mol. The second-order valence-corrected chi connectivity index (χ2v) is 7.32. The van der Waals surface area contributed by atoms with Crippen molar-refractivity contribution in [2.24, 2.45) is 0 Å². The maximum absolute atomic E-state index is 12.7. The molecular weight excluding hydrogens is 492 g/mol. The van der Waals surface area contributed by atoms with Crippen LogP contribution in [-0.4, -0.2) is 60.9 Å². The first-order valence-corrected chi connectivity index (χ1v) is 11.2. The van der Waals surface area contributed by atoms with Crippen molar-refractivity contribution in [1.29, 1.82) is 0 Å². The van der Waals surface area contributed by atoms with E-state index in [1.807, 2.05) is 6.92 Å². The van der Waals surface area contributed by atoms with Crippen LogP contribution in [0.2, 0.25) is 0 Å². The minimum atomic E-state index is -1.22. The van der Waals surface area contributed by atoms with Gasteiger partial charge in [0.1, 0.15) is 22.6 Å². The van der Waals surface area contributed by atoms with Crippen LogP contribution in [-0.2, 0) is 19.6 Å². The Morgan fingerprint density at radius 1 is 0.595 bits per heavy atom. The van der Waals surface area contributed by atoms with E-state index in [0.29, 0.717) is 17.9 Å². The van der Waals surface area contributed by atoms with Gasteiger partial charge in [-0.25, -0.2) is 9.59 Å². The van der Waals surface area contributed by atoms with Gasteiger partial charge >= 0.3 is 11.9 Å². The van der Waals surface area contributed by atoms with Crippen molar-refractivity contribution in [2.75, 3.05) is 42.7 Å². The van der Waals surface area contributed by atoms with E-state index in [4.69, 9.17) is 48.0 Å². The number of hydrogen-bond acceptors (Lipinski definition) is 12. The maximum atomic E-state index is 12.7. The summed E-state index contributed by atoms with van der Waals surface area (Å²) in [6.45, 7) is 1.94. The summed E-state index contributed by atoms with van der Waals surface area (Å²) in [6, 6.07) is 5.71. The molecule has 12 nitrogen and oxygen atoms in total. The summed E-state index contributed by atoms with van der Waals surface area (Å²) in [6.07, 6.45) is 0.436. The molecular formula is C25H32O12. The Hall–Kier alpha value is -3.90. The molecule has 0 aliphatic rings. The molecule has 0 bridgehead atoms. The molecule has 204 valence electrons. The van der Waals surface area contributed by atoms with Crippen molar-refractivity contribution >= 4 is 11.9 Å². The van der Waals surface area contributed by atoms with Crippen molar-refractivity contribution in [3.8, 4) is 34.5 Å². The summed E-state index contributed by atoms with van der Waals surface area (Å²) in [5.41, 5.74) is 0.0305. The van der Waals surface area contributed by atoms with Crippen LogP contribution >= 0.6 is 0 Å². The summed E-state index contributed by atoms with van der Waals surface area (Å²) in [5.74, 6) is -0.157. The lowest BCUT2D eigenvalue weighted by atomic mass is 10.1. The van der Waals surface area contributed by atoms with Crippen LogP contribution in [0.4, 0.5) is 0 Å². The van der Waals surface area contributed by atoms with Crippen LogP contribution in [0.25, 0.3) is 0 Å². The molecule has 0 fully saturated rings. The van der Waals surface area contributed by atoms with Crippen LogP contribution in [0.15, 0.2) is 24.3 Å². The molecule has 0 aliphatic heterocycles. The highest BCUT2D eigenvalue weighted by Gasteiger charge is 2.25. The molecule has 2 aromatic rings. The van der Waals surface area contributed by atoms with Crippen molar-refractivity contribution in [3.63, 3.8) is 0 Å². The fraction of sp³-hybridized carbons (Fsp3) is 0.440. The topological polar surface area (TPSA) is 126 Å². The molecule has 0 atom stereocenters. The lowest BCUT2D eigenvalue weighted by molar-refractivity contribution is -0.421. The average Bonchev–Trinajstić information content (AvgIpc) is 2.94. The molecule has 37 heavy (non-hydrogen) atoms. The van der Waals surface area contributed by atoms with E-state index in [2.05, 4.69) is 0 Å². The van der Waals surface area contributed by atoms with E-state index < -0.39 is 18.2 Å². The molecule has 2 aromatic carbocycles. The molecule has 0 heterocycles. The van der Waals surface area contributed by atoms with Crippen molar-refractivity contribution in [1.82, 2.24) is 0 Å². The summed E-state index contributed by atoms with van der Waals surface area (Å²) < 4.78 is 31.4. The van der Waals surface area contributed by atoms with E-state index in [-0.39, 0.29) is 40.5 Å². The van der Waals surface area contributed by atoms with Gasteiger partial charge in [0.2, 0.25) is 6.29 Å². The van der Waals surface area contributed by atoms with Gasteiger partial charge in [-0.2, -0.15) is 0 Å². The van der Waals surface area contributed by atoms with E-state index in [9.17, 15) is 9.59 Å². The molecule has 0 saturated heterocycles. The Morgan fingerprint density at radius 2 is 0.946 bits per heavy atom. The number of carbonyl (C=O) groups is 2. The van der Waals surface area contributed by atoms with Gasteiger partial charge in [-0.05, 0) is 6.42 Å². The molecule has 0 unspecified atom stereocenters. The fourth-order valence-corrected chi connectivity index (χ4v) is 3.15. The lowest BCUT2D eigenvalue weighted by Crippen LogP contribution is -2.22. The third-order valence-electron chi connectivity index (χ3n) is 5.11. The van der Waals surface area contributed by atoms with Crippen LogP contribution in [0.5, 0.6) is 34.5 Å². The zero-order valence-electron chi connectivity index (χ0n) is 21.9. The van der Waals surface area contributed by atoms with E-state index in [0.717, 1.165) is 6.42 Å². The monoisotopic (exact) mass is 524 g/mol. The second-order valence-electron chi connectivity index (χ2n) is 7.32. The third-order valence-corrected chi connectivity index (χ3v) is 5.11. The lowest BCUT2D eigenvalue weighted by Gasteiger charge is -2.17. The Labute approximate surface area is 215 Å². The predicted octanol–water partition coefficient (Wildman–Crippen LogP) is 4.13. The third kappa shape index (κ3) is 7.54. The summed E-state index contributed by atoms with van der Waals surface area (Å²) >= 11 is 0. The smallest absolute Gasteiger partial charge is 0.377 e. The van der Waals surface area contributed by atoms with Crippen molar-refractivity contribution < 1.29 is 57.6 Å². The Morgan fingerprint density at radius 3 is 1.27 bits per heavy atom. The van der Waals surface area contributed by atoms with Gasteiger partial charge in [-0.1, -0.05) is 13.3 Å². The molecule has 0 amide bonds. The number of rotatable bonds is 15. The first-order chi connectivity index (χ1) is 17.9. The van der Waals surface area contributed by atoms with Gasteiger partial charge in [-0.15, -0.1) is 9.78 Å². The van der Waals surface area contributed by atoms with Crippen molar-refractivity contribution in [3.05, 3.63) is 35.4 Å². The highest BCUT2D eigenvalue weighted by atomic mass is 17.3. The van der Waals surface area contributed by atoms with E-state index in [1.54, 1.807) is 0 Å². The first-order valence-electron chi connectivity index (χ1n) is 11.2. The molecule has 0 N–H and O–H groups in total. The fourth-order valence-electron chi connectivity index (χ4n) is 3.15. The quantitative estimate of drug-likeness (QED) is 0.189. The maximum Gasteiger partial charge on any atom is 0.377 e. The van der Waals surface area contributed by atoms with E-state index >= 15 is 0 Å². The normalized spacial score (nSPS) is 10.5. The molecule has 0 radical (unpaired) electrons. The standard InChI is InChI=1S/C25H32O12/c1-8-9-10-23(34-36-24(26)15-11-19(30-4)21(32-6)13-17(15)28-2)35-37-25(27)16-12-20(31-5)22(33-7)14-18(16)29-3/h11-14,23H,8-10H2,1-7H3. The molecule has 0 spiro atoms. The van der Waals surface area contributed by atoms with Gasteiger partial charge < -0.3 is 28.4 Å². The van der Waals surface area contributed by atoms with Crippen molar-refractivity contribution in [2.45, 2.75) is 32.5 Å². The van der Waals surface area contributed by atoms with Crippen LogP contribution in [0.1, 0.15) is 46.9 Å². The first kappa shape index (κ1) is 29.3. The Kier molecular flexibility index (Phi) is 11.6. The summed E-state index contributed by atoms with van der Waals surface area (Å²) in [5, 5.41) is 0. The average molecular weight is 525 g/mol. The molecule has 0 aliphatic carbocycles. The van der Waals surface area contributed by atoms with Crippen LogP contribution in [0, 0.1) is 0 Å². The van der Waals surface area contributed by atoms with Gasteiger partial charge in [0.05, 0.1) is 42.7 Å². The number of hydrogen-bond donors (Lipinski definition) is 0. The minimum absolute atomic E-state index is 0.0152. The van der Waals surface area contributed by atoms with Gasteiger partial charge in [0.25, 0.3) is 0 Å². The molecule has 0 aromatic heterocycles. The number of carbonyl (C=O) groups excluding carboxylic acids is 2. The zero-order chi connectivity index (χ0) is 27.4. The number of methoxy groups -OCH3 is 6. The van der Waals surface area contributed by atoms with Gasteiger partial charge in [0, 0.05) is 30.7 Å². The largest absolute Gasteiger partial charge is 0.496 e. The zero-order valence-corrected chi connectivity index (χ0v) is 21.9. The Balaban J connectivity index is 2.14.